The van der Waals surface area contributed by atoms with Gasteiger partial charge in [-0.1, -0.05) is 111 Å². The zero-order valence-electron chi connectivity index (χ0n) is 35.9. The number of rotatable bonds is 20. The molecule has 0 unspecified atom stereocenters. The zero-order chi connectivity index (χ0) is 42.0. The van der Waals surface area contributed by atoms with Crippen molar-refractivity contribution in [2.45, 2.75) is 59.5 Å². The van der Waals surface area contributed by atoms with Gasteiger partial charge in [-0.25, -0.2) is 0 Å². The minimum Gasteiger partial charge on any atom is -0.426 e. The number of aliphatic hydroxyl groups is 2. The van der Waals surface area contributed by atoms with Crippen LogP contribution in [0.4, 0.5) is 0 Å². The molecule has 0 aliphatic carbocycles. The summed E-state index contributed by atoms with van der Waals surface area (Å²) in [6.45, 7) is 16.3. The fraction of sp³-hybridized carbons (Fsp3) is 0.458. The van der Waals surface area contributed by atoms with Crippen molar-refractivity contribution in [1.29, 1.82) is 0 Å². The molecule has 5 aromatic carbocycles. The van der Waals surface area contributed by atoms with Crippen molar-refractivity contribution in [3.63, 3.8) is 0 Å². The van der Waals surface area contributed by atoms with Gasteiger partial charge in [0.15, 0.2) is 0 Å². The molecule has 2 N–H and O–H groups in total. The maximum Gasteiger partial charge on any atom is 0.494 e. The van der Waals surface area contributed by atoms with E-state index in [9.17, 15) is 10.2 Å². The molecule has 0 bridgehead atoms. The van der Waals surface area contributed by atoms with Gasteiger partial charge >= 0.3 is 14.0 Å². The zero-order valence-corrected chi connectivity index (χ0v) is 35.9. The Morgan fingerprint density at radius 3 is 1.47 bits per heavy atom. The third-order valence-electron chi connectivity index (χ3n) is 11.5. The first-order valence-electron chi connectivity index (χ1n) is 21.5. The van der Waals surface area contributed by atoms with E-state index in [4.69, 9.17) is 28.2 Å². The summed E-state index contributed by atoms with van der Waals surface area (Å²) in [5.41, 5.74) is 6.75. The van der Waals surface area contributed by atoms with Gasteiger partial charge < -0.3 is 38.4 Å². The molecule has 2 heterocycles. The van der Waals surface area contributed by atoms with Crippen LogP contribution in [0.3, 0.4) is 0 Å². The topological polar surface area (TPSA) is 102 Å². The summed E-state index contributed by atoms with van der Waals surface area (Å²) >= 11 is 0. The Balaban J connectivity index is 1.22. The highest BCUT2D eigenvalue weighted by Gasteiger charge is 2.36. The summed E-state index contributed by atoms with van der Waals surface area (Å²) < 4.78 is 36.9. The quantitative estimate of drug-likeness (QED) is 0.0608. The van der Waals surface area contributed by atoms with Crippen molar-refractivity contribution in [3.8, 4) is 0 Å². The summed E-state index contributed by atoms with van der Waals surface area (Å²) in [4.78, 5) is 4.90. The predicted molar refractivity (Wildman–Crippen MR) is 241 cm³/mol. The Bertz CT molecular complexity index is 1920. The van der Waals surface area contributed by atoms with E-state index < -0.39 is 7.12 Å². The van der Waals surface area contributed by atoms with Gasteiger partial charge in [0.05, 0.1) is 58.4 Å². The maximum absolute atomic E-state index is 9.49. The second-order valence-corrected chi connectivity index (χ2v) is 17.5. The summed E-state index contributed by atoms with van der Waals surface area (Å²) in [5.74, 6) is 0. The van der Waals surface area contributed by atoms with Crippen LogP contribution in [0.25, 0.3) is 21.5 Å². The first kappa shape index (κ1) is 44.4. The Morgan fingerprint density at radius 1 is 0.550 bits per heavy atom. The summed E-state index contributed by atoms with van der Waals surface area (Å²) in [5, 5.41) is 23.9. The molecule has 2 aliphatic heterocycles. The third kappa shape index (κ3) is 11.4. The van der Waals surface area contributed by atoms with Crippen LogP contribution in [0, 0.1) is 5.41 Å². The predicted octanol–water partition coefficient (Wildman–Crippen LogP) is 5.35. The fourth-order valence-electron chi connectivity index (χ4n) is 8.37. The van der Waals surface area contributed by atoms with E-state index >= 15 is 0 Å². The molecule has 0 spiro atoms. The monoisotopic (exact) mass is 816 g/mol. The molecule has 0 atom stereocenters. The van der Waals surface area contributed by atoms with E-state index in [1.165, 1.54) is 38.2 Å². The molecule has 2 aliphatic rings. The van der Waals surface area contributed by atoms with E-state index in [1.54, 1.807) is 0 Å². The Morgan fingerprint density at radius 2 is 1.00 bits per heavy atom. The van der Waals surface area contributed by atoms with Gasteiger partial charge in [-0.2, -0.15) is 0 Å². The highest BCUT2D eigenvalue weighted by molar-refractivity contribution is 6.68. The molecule has 12 heteroatoms. The molecule has 60 heavy (non-hydrogen) atoms. The fourth-order valence-corrected chi connectivity index (χ4v) is 8.37. The molecular weight excluding hydrogens is 754 g/mol. The smallest absolute Gasteiger partial charge is 0.426 e. The number of benzene rings is 5. The van der Waals surface area contributed by atoms with Crippen LogP contribution in [0.15, 0.2) is 97.1 Å². The first-order chi connectivity index (χ1) is 29.1. The molecule has 5 aromatic rings. The standard InChI is InChI=1S/C48H62B2N2O8/c1-47(2)33-59-50(60-34-47)46-20-12-6-14-38(46)30-52(22-26-56-28-24-54)32-44-41-17-9-7-15-39(41)43(40-16-8-10-18-42(40)44)31-51(21-25-55-27-23-53)29-37-13-5-11-19-45(37)49-36-57-48(3,4)35-58-49/h5-20,53-54H,21-36H2,1-4H3. The van der Waals surface area contributed by atoms with Crippen molar-refractivity contribution in [2.24, 2.45) is 5.41 Å². The summed E-state index contributed by atoms with van der Waals surface area (Å²) in [6.07, 6.45) is 0. The van der Waals surface area contributed by atoms with E-state index in [-0.39, 0.29) is 31.1 Å². The number of ether oxygens (including phenoxy) is 3. The van der Waals surface area contributed by atoms with Gasteiger partial charge in [-0.3, -0.25) is 9.80 Å². The van der Waals surface area contributed by atoms with E-state index in [1.807, 2.05) is 0 Å². The number of fused-ring (bicyclic) bond motifs is 2. The molecule has 10 nitrogen and oxygen atoms in total. The average molecular weight is 817 g/mol. The lowest BCUT2D eigenvalue weighted by Gasteiger charge is -2.34. The SMILES string of the molecule is CC1(C)COB(c2ccccc2CN(CCOCCO)Cc2c3ccccc3c(CN(CCOCCO)Cc3ccccc3B3COC(C)(C)CO3)c3ccccc23)OC1. The van der Waals surface area contributed by atoms with Crippen molar-refractivity contribution < 1.29 is 38.4 Å². The molecular formula is C48H62B2N2O8. The van der Waals surface area contributed by atoms with Gasteiger partial charge in [0.2, 0.25) is 0 Å². The maximum atomic E-state index is 9.49. The minimum atomic E-state index is -0.415. The molecule has 0 radical (unpaired) electrons. The van der Waals surface area contributed by atoms with Gasteiger partial charge in [0.1, 0.15) is 0 Å². The van der Waals surface area contributed by atoms with Crippen molar-refractivity contribution in [2.75, 3.05) is 79.1 Å². The Kier molecular flexibility index (Phi) is 15.5. The molecule has 0 saturated carbocycles. The highest BCUT2D eigenvalue weighted by atomic mass is 16.6. The number of hydrogen-bond donors (Lipinski definition) is 2. The van der Waals surface area contributed by atoms with E-state index in [0.717, 1.165) is 16.5 Å². The second-order valence-electron chi connectivity index (χ2n) is 17.5. The Hall–Kier alpha value is -3.65. The minimum absolute atomic E-state index is 0.00835. The number of aliphatic hydroxyl groups excluding tert-OH is 2. The number of hydrogen-bond acceptors (Lipinski definition) is 10. The van der Waals surface area contributed by atoms with Gasteiger partial charge in [-0.15, -0.1) is 0 Å². The van der Waals surface area contributed by atoms with Crippen LogP contribution in [0.2, 0.25) is 0 Å². The van der Waals surface area contributed by atoms with Crippen LogP contribution < -0.4 is 10.9 Å². The van der Waals surface area contributed by atoms with Gasteiger partial charge in [-0.05, 0) is 68.6 Å². The molecule has 7 rings (SSSR count). The van der Waals surface area contributed by atoms with E-state index in [0.29, 0.717) is 92.0 Å². The van der Waals surface area contributed by atoms with Crippen molar-refractivity contribution in [3.05, 3.63) is 119 Å². The largest absolute Gasteiger partial charge is 0.494 e. The summed E-state index contributed by atoms with van der Waals surface area (Å²) in [7, 11) is -0.415. The lowest BCUT2D eigenvalue weighted by molar-refractivity contribution is -0.0562. The number of nitrogens with zero attached hydrogens (tertiary/aromatic N) is 2. The Labute approximate surface area is 356 Å². The second kappa shape index (κ2) is 20.9. The lowest BCUT2D eigenvalue weighted by Crippen LogP contribution is -2.51. The molecule has 318 valence electrons. The van der Waals surface area contributed by atoms with E-state index in [2.05, 4.69) is 135 Å². The third-order valence-corrected chi connectivity index (χ3v) is 11.5. The molecule has 0 amide bonds. The van der Waals surface area contributed by atoms with Gasteiger partial charge in [0, 0.05) is 57.9 Å². The van der Waals surface area contributed by atoms with Crippen LogP contribution in [-0.4, -0.2) is 119 Å². The van der Waals surface area contributed by atoms with Crippen molar-refractivity contribution in [1.82, 2.24) is 9.80 Å². The average Bonchev–Trinajstić information content (AvgIpc) is 3.25. The van der Waals surface area contributed by atoms with Crippen LogP contribution in [0.1, 0.15) is 49.9 Å². The van der Waals surface area contributed by atoms with Crippen molar-refractivity contribution >= 4 is 46.5 Å². The van der Waals surface area contributed by atoms with Gasteiger partial charge in [0.25, 0.3) is 0 Å². The van der Waals surface area contributed by atoms with Crippen LogP contribution >= 0.6 is 0 Å². The summed E-state index contributed by atoms with van der Waals surface area (Å²) in [6, 6.07) is 34.5. The first-order valence-corrected chi connectivity index (χ1v) is 21.5. The molecule has 2 fully saturated rings. The van der Waals surface area contributed by atoms with Crippen LogP contribution in [0.5, 0.6) is 0 Å². The lowest BCUT2D eigenvalue weighted by atomic mass is 9.59. The highest BCUT2D eigenvalue weighted by Crippen LogP contribution is 2.35. The normalized spacial score (nSPS) is 16.7. The molecule has 2 saturated heterocycles. The van der Waals surface area contributed by atoms with Crippen LogP contribution in [-0.2, 0) is 54.4 Å². The molecule has 0 aromatic heterocycles.